The molecule has 1 aliphatic heterocycles. The van der Waals surface area contributed by atoms with Crippen LogP contribution in [0.3, 0.4) is 0 Å². The van der Waals surface area contributed by atoms with Crippen molar-refractivity contribution in [1.29, 1.82) is 0 Å². The molecule has 0 spiro atoms. The minimum absolute atomic E-state index is 0. The van der Waals surface area contributed by atoms with Gasteiger partial charge in [0.15, 0.2) is 0 Å². The number of rotatable bonds is 3. The van der Waals surface area contributed by atoms with Crippen LogP contribution in [0.15, 0.2) is 24.3 Å². The Balaban J connectivity index is 0.00000128. The molecule has 1 aromatic carbocycles. The third-order valence-corrected chi connectivity index (χ3v) is 3.20. The molecule has 2 rings (SSSR count). The van der Waals surface area contributed by atoms with Gasteiger partial charge >= 0.3 is 0 Å². The van der Waals surface area contributed by atoms with Crippen LogP contribution in [0.1, 0.15) is 24.8 Å². The minimum atomic E-state index is 0. The van der Waals surface area contributed by atoms with Crippen LogP contribution in [-0.4, -0.2) is 19.7 Å². The predicted octanol–water partition coefficient (Wildman–Crippen LogP) is -1.64. The summed E-state index contributed by atoms with van der Waals surface area (Å²) in [5.41, 5.74) is 1.35. The molecule has 0 radical (unpaired) electrons. The highest BCUT2D eigenvalue weighted by Gasteiger charge is 2.17. The van der Waals surface area contributed by atoms with Crippen LogP contribution in [0.4, 0.5) is 0 Å². The number of benzene rings is 1. The average Bonchev–Trinajstić information content (AvgIpc) is 2.31. The molecule has 0 saturated carbocycles. The van der Waals surface area contributed by atoms with E-state index < -0.39 is 0 Å². The molecule has 90 valence electrons. The van der Waals surface area contributed by atoms with Crippen LogP contribution >= 0.6 is 0 Å². The van der Waals surface area contributed by atoms with Crippen molar-refractivity contribution in [3.63, 3.8) is 0 Å². The highest BCUT2D eigenvalue weighted by atomic mass is 35.5. The molecule has 0 aromatic heterocycles. The maximum absolute atomic E-state index is 5.37. The summed E-state index contributed by atoms with van der Waals surface area (Å²) in [5, 5.41) is 2.48. The van der Waals surface area contributed by atoms with E-state index in [2.05, 4.69) is 23.5 Å². The van der Waals surface area contributed by atoms with Gasteiger partial charge in [-0.2, -0.15) is 0 Å². The van der Waals surface area contributed by atoms with E-state index in [0.29, 0.717) is 0 Å². The van der Waals surface area contributed by atoms with E-state index in [4.69, 9.17) is 4.74 Å². The second-order valence-electron chi connectivity index (χ2n) is 4.30. The topological polar surface area (TPSA) is 25.8 Å². The van der Waals surface area contributed by atoms with Crippen molar-refractivity contribution in [2.75, 3.05) is 13.7 Å². The van der Waals surface area contributed by atoms with Gasteiger partial charge in [-0.05, 0) is 30.9 Å². The molecular weight excluding hydrogens is 222 g/mol. The van der Waals surface area contributed by atoms with Gasteiger partial charge in [-0.15, -0.1) is 0 Å². The lowest BCUT2D eigenvalue weighted by molar-refractivity contribution is -0.697. The number of methoxy groups -OCH3 is 1. The lowest BCUT2D eigenvalue weighted by atomic mass is 9.97. The molecule has 1 fully saturated rings. The van der Waals surface area contributed by atoms with Crippen molar-refractivity contribution >= 4 is 0 Å². The van der Waals surface area contributed by atoms with E-state index >= 15 is 0 Å². The molecule has 2 nitrogen and oxygen atoms in total. The monoisotopic (exact) mass is 241 g/mol. The standard InChI is InChI=1S/C13H19NO.ClH/c1-15-13-8-3-2-6-11(13)10-12-7-4-5-9-14-12;/h2-3,6,8,12,14H,4-5,7,9-10H2,1H3;1H. The molecule has 1 saturated heterocycles. The zero-order chi connectivity index (χ0) is 10.5. The van der Waals surface area contributed by atoms with Gasteiger partial charge in [-0.3, -0.25) is 0 Å². The summed E-state index contributed by atoms with van der Waals surface area (Å²) in [7, 11) is 1.75. The Morgan fingerprint density at radius 1 is 1.31 bits per heavy atom. The zero-order valence-electron chi connectivity index (χ0n) is 9.79. The Hall–Kier alpha value is -0.730. The first-order chi connectivity index (χ1) is 7.40. The highest BCUT2D eigenvalue weighted by Crippen LogP contribution is 2.19. The normalized spacial score (nSPS) is 19.9. The summed E-state index contributed by atoms with van der Waals surface area (Å²) >= 11 is 0. The maximum Gasteiger partial charge on any atom is 0.122 e. The molecule has 0 aliphatic carbocycles. The Bertz CT molecular complexity index is 311. The average molecular weight is 242 g/mol. The Kier molecular flexibility index (Phi) is 5.64. The van der Waals surface area contributed by atoms with Crippen LogP contribution in [0.25, 0.3) is 0 Å². The van der Waals surface area contributed by atoms with Gasteiger partial charge in [0, 0.05) is 6.42 Å². The number of ether oxygens (including phenoxy) is 1. The molecule has 2 N–H and O–H groups in total. The van der Waals surface area contributed by atoms with Gasteiger partial charge < -0.3 is 22.5 Å². The smallest absolute Gasteiger partial charge is 0.122 e. The third kappa shape index (κ3) is 3.39. The number of quaternary nitrogens is 1. The lowest BCUT2D eigenvalue weighted by Gasteiger charge is -2.20. The van der Waals surface area contributed by atoms with Crippen molar-refractivity contribution in [2.24, 2.45) is 0 Å². The van der Waals surface area contributed by atoms with Crippen LogP contribution < -0.4 is 22.5 Å². The van der Waals surface area contributed by atoms with Crippen molar-refractivity contribution < 1.29 is 22.5 Å². The Morgan fingerprint density at radius 3 is 2.81 bits per heavy atom. The Labute approximate surface area is 104 Å². The second-order valence-corrected chi connectivity index (χ2v) is 4.30. The summed E-state index contributed by atoms with van der Waals surface area (Å²) in [6.45, 7) is 1.29. The molecule has 0 amide bonds. The van der Waals surface area contributed by atoms with Gasteiger partial charge in [-0.25, -0.2) is 0 Å². The number of hydrogen-bond donors (Lipinski definition) is 1. The number of piperidine rings is 1. The van der Waals surface area contributed by atoms with Crippen molar-refractivity contribution in [3.8, 4) is 5.75 Å². The van der Waals surface area contributed by atoms with Crippen molar-refractivity contribution in [2.45, 2.75) is 31.7 Å². The Morgan fingerprint density at radius 2 is 2.12 bits per heavy atom. The molecule has 1 aromatic rings. The molecule has 0 bridgehead atoms. The lowest BCUT2D eigenvalue weighted by Crippen LogP contribution is -3.00. The number of nitrogens with two attached hydrogens (primary N) is 1. The second kappa shape index (κ2) is 6.77. The number of para-hydroxylation sites is 1. The van der Waals surface area contributed by atoms with E-state index in [1.54, 1.807) is 7.11 Å². The molecule has 16 heavy (non-hydrogen) atoms. The first kappa shape index (κ1) is 13.3. The molecule has 1 unspecified atom stereocenters. The first-order valence-electron chi connectivity index (χ1n) is 5.85. The van der Waals surface area contributed by atoms with Crippen LogP contribution in [0.2, 0.25) is 0 Å². The zero-order valence-corrected chi connectivity index (χ0v) is 10.5. The highest BCUT2D eigenvalue weighted by molar-refractivity contribution is 5.33. The fourth-order valence-electron chi connectivity index (χ4n) is 2.36. The first-order valence-corrected chi connectivity index (χ1v) is 5.85. The van der Waals surface area contributed by atoms with E-state index in [-0.39, 0.29) is 12.4 Å². The molecule has 1 atom stereocenters. The van der Waals surface area contributed by atoms with E-state index in [0.717, 1.165) is 18.2 Å². The fraction of sp³-hybridized carbons (Fsp3) is 0.538. The summed E-state index contributed by atoms with van der Waals surface area (Å²) in [6, 6.07) is 9.13. The summed E-state index contributed by atoms with van der Waals surface area (Å²) in [5.74, 6) is 1.04. The van der Waals surface area contributed by atoms with E-state index in [1.165, 1.54) is 31.4 Å². The molecule has 1 aliphatic rings. The van der Waals surface area contributed by atoms with Gasteiger partial charge in [0.1, 0.15) is 5.75 Å². The van der Waals surface area contributed by atoms with Crippen LogP contribution in [-0.2, 0) is 6.42 Å². The van der Waals surface area contributed by atoms with E-state index in [1.807, 2.05) is 6.07 Å². The largest absolute Gasteiger partial charge is 1.00 e. The summed E-state index contributed by atoms with van der Waals surface area (Å²) in [4.78, 5) is 0. The van der Waals surface area contributed by atoms with Crippen molar-refractivity contribution in [1.82, 2.24) is 0 Å². The predicted molar refractivity (Wildman–Crippen MR) is 61.1 cm³/mol. The number of hydrogen-bond acceptors (Lipinski definition) is 1. The van der Waals surface area contributed by atoms with E-state index in [9.17, 15) is 0 Å². The van der Waals surface area contributed by atoms with Gasteiger partial charge in [0.25, 0.3) is 0 Å². The minimum Gasteiger partial charge on any atom is -1.00 e. The fourth-order valence-corrected chi connectivity index (χ4v) is 2.36. The molecular formula is C13H20ClNO. The summed E-state index contributed by atoms with van der Waals surface area (Å²) in [6.07, 6.45) is 5.25. The number of halogens is 1. The maximum atomic E-state index is 5.37. The van der Waals surface area contributed by atoms with Gasteiger partial charge in [0.2, 0.25) is 0 Å². The summed E-state index contributed by atoms with van der Waals surface area (Å²) < 4.78 is 5.37. The van der Waals surface area contributed by atoms with Crippen molar-refractivity contribution in [3.05, 3.63) is 29.8 Å². The SMILES string of the molecule is COc1ccccc1CC1CCCC[NH2+]1.[Cl-]. The quantitative estimate of drug-likeness (QED) is 0.675. The molecule has 1 heterocycles. The van der Waals surface area contributed by atoms with Gasteiger partial charge in [-0.1, -0.05) is 18.2 Å². The third-order valence-electron chi connectivity index (χ3n) is 3.20. The van der Waals surface area contributed by atoms with Gasteiger partial charge in [0.05, 0.1) is 19.7 Å². The van der Waals surface area contributed by atoms with Crippen LogP contribution in [0.5, 0.6) is 5.75 Å². The molecule has 3 heteroatoms. The van der Waals surface area contributed by atoms with Crippen LogP contribution in [0, 0.1) is 0 Å².